The summed E-state index contributed by atoms with van der Waals surface area (Å²) in [6.07, 6.45) is 7.27. The number of aromatic nitrogens is 5. The van der Waals surface area contributed by atoms with E-state index in [9.17, 15) is 0 Å². The molecule has 0 spiro atoms. The van der Waals surface area contributed by atoms with Crippen LogP contribution in [0.3, 0.4) is 0 Å². The number of hydrogen-bond donors (Lipinski definition) is 0. The lowest BCUT2D eigenvalue weighted by atomic mass is 10.0. The van der Waals surface area contributed by atoms with Gasteiger partial charge in [0.15, 0.2) is 0 Å². The summed E-state index contributed by atoms with van der Waals surface area (Å²) in [5.74, 6) is 0. The Morgan fingerprint density at radius 2 is 1.05 bits per heavy atom. The van der Waals surface area contributed by atoms with Gasteiger partial charge in [0.25, 0.3) is 0 Å². The standard InChI is InChI=1S/C49H30N6S/c1-2-7-38-28-51-43(26-33(38)6-1)31-13-18-39(19-14-31)55(40-20-15-32(16-21-40)44-27-36-8-5-23-50-45(36)29-52-44)41-22-17-34-24-37(12-11-35(34)25-41)47-49-48(54-30-53-47)42-9-3-4-10-46(42)56-49/h1-30H. The molecular weight excluding hydrogens is 705 g/mol. The van der Waals surface area contributed by atoms with Crippen LogP contribution in [0.2, 0.25) is 0 Å². The average molecular weight is 735 g/mol. The van der Waals surface area contributed by atoms with Crippen LogP contribution in [0.1, 0.15) is 0 Å². The molecule has 0 bridgehead atoms. The summed E-state index contributed by atoms with van der Waals surface area (Å²) in [4.78, 5) is 25.7. The van der Waals surface area contributed by atoms with E-state index in [1.165, 1.54) is 15.5 Å². The summed E-state index contributed by atoms with van der Waals surface area (Å²) in [5.41, 5.74) is 11.0. The second kappa shape index (κ2) is 13.2. The minimum absolute atomic E-state index is 0.884. The number of hydrogen-bond acceptors (Lipinski definition) is 7. The van der Waals surface area contributed by atoms with Crippen molar-refractivity contribution in [1.82, 2.24) is 24.9 Å². The number of fused-ring (bicyclic) bond motifs is 6. The van der Waals surface area contributed by atoms with Crippen LogP contribution >= 0.6 is 11.3 Å². The fraction of sp³-hybridized carbons (Fsp3) is 0. The second-order valence-corrected chi connectivity index (χ2v) is 14.9. The molecule has 0 atom stereocenters. The molecule has 56 heavy (non-hydrogen) atoms. The SMILES string of the molecule is c1ccc2cc(-c3ccc(N(c4ccc(-c5cc6cccnc6cn5)cc4)c4ccc5cc(-c6ncnc7c6sc6ccccc67)ccc5c4)cc3)ncc2c1. The third-order valence-corrected chi connectivity index (χ3v) is 11.6. The molecule has 0 aliphatic rings. The van der Waals surface area contributed by atoms with Crippen LogP contribution < -0.4 is 4.90 Å². The normalized spacial score (nSPS) is 11.6. The highest BCUT2D eigenvalue weighted by Gasteiger charge is 2.17. The van der Waals surface area contributed by atoms with Crippen molar-refractivity contribution >= 4 is 81.1 Å². The lowest BCUT2D eigenvalue weighted by Crippen LogP contribution is -2.10. The Bertz CT molecular complexity index is 3140. The maximum absolute atomic E-state index is 4.79. The first kappa shape index (κ1) is 32.1. The van der Waals surface area contributed by atoms with Crippen molar-refractivity contribution in [2.24, 2.45) is 0 Å². The molecule has 5 heterocycles. The molecule has 5 aromatic heterocycles. The van der Waals surface area contributed by atoms with Gasteiger partial charge in [0.2, 0.25) is 0 Å². The van der Waals surface area contributed by atoms with Crippen LogP contribution in [0.5, 0.6) is 0 Å². The van der Waals surface area contributed by atoms with E-state index < -0.39 is 0 Å². The fourth-order valence-corrected chi connectivity index (χ4v) is 8.80. The summed E-state index contributed by atoms with van der Waals surface area (Å²) in [5, 5.41) is 6.82. The maximum atomic E-state index is 4.79. The smallest absolute Gasteiger partial charge is 0.116 e. The van der Waals surface area contributed by atoms with E-state index in [0.717, 1.165) is 88.1 Å². The van der Waals surface area contributed by atoms with Gasteiger partial charge in [0.05, 0.1) is 39.0 Å². The van der Waals surface area contributed by atoms with Crippen molar-refractivity contribution in [2.75, 3.05) is 4.90 Å². The zero-order chi connectivity index (χ0) is 37.0. The Kier molecular flexibility index (Phi) is 7.57. The molecule has 6 aromatic carbocycles. The summed E-state index contributed by atoms with van der Waals surface area (Å²) >= 11 is 1.75. The zero-order valence-electron chi connectivity index (χ0n) is 29.9. The van der Waals surface area contributed by atoms with Gasteiger partial charge in [-0.15, -0.1) is 11.3 Å². The molecule has 11 rings (SSSR count). The van der Waals surface area contributed by atoms with E-state index >= 15 is 0 Å². The summed E-state index contributed by atoms with van der Waals surface area (Å²) in [6, 6.07) is 55.6. The van der Waals surface area contributed by atoms with Gasteiger partial charge in [-0.2, -0.15) is 0 Å². The van der Waals surface area contributed by atoms with Crippen LogP contribution in [0.15, 0.2) is 183 Å². The van der Waals surface area contributed by atoms with Gasteiger partial charge < -0.3 is 4.90 Å². The number of rotatable bonds is 6. The minimum atomic E-state index is 0.884. The fourth-order valence-electron chi connectivity index (χ4n) is 7.63. The molecule has 0 aliphatic heterocycles. The van der Waals surface area contributed by atoms with Gasteiger partial charge in [-0.1, -0.05) is 91.0 Å². The van der Waals surface area contributed by atoms with E-state index in [0.29, 0.717) is 0 Å². The Morgan fingerprint density at radius 3 is 1.88 bits per heavy atom. The minimum Gasteiger partial charge on any atom is -0.310 e. The Morgan fingerprint density at radius 1 is 0.429 bits per heavy atom. The molecule has 0 radical (unpaired) electrons. The van der Waals surface area contributed by atoms with Crippen molar-refractivity contribution in [2.45, 2.75) is 0 Å². The van der Waals surface area contributed by atoms with Crippen LogP contribution in [0, 0.1) is 0 Å². The first-order chi connectivity index (χ1) is 27.7. The third-order valence-electron chi connectivity index (χ3n) is 10.5. The van der Waals surface area contributed by atoms with Crippen molar-refractivity contribution in [3.63, 3.8) is 0 Å². The van der Waals surface area contributed by atoms with Crippen LogP contribution in [0.25, 0.3) is 86.5 Å². The lowest BCUT2D eigenvalue weighted by Gasteiger charge is -2.26. The monoisotopic (exact) mass is 734 g/mol. The largest absolute Gasteiger partial charge is 0.310 e. The lowest BCUT2D eigenvalue weighted by molar-refractivity contribution is 1.24. The number of benzene rings is 6. The van der Waals surface area contributed by atoms with Gasteiger partial charge in [-0.3, -0.25) is 15.0 Å². The van der Waals surface area contributed by atoms with Gasteiger partial charge in [-0.25, -0.2) is 9.97 Å². The van der Waals surface area contributed by atoms with E-state index in [1.807, 2.05) is 24.5 Å². The van der Waals surface area contributed by atoms with E-state index in [4.69, 9.17) is 15.0 Å². The van der Waals surface area contributed by atoms with Crippen LogP contribution in [-0.4, -0.2) is 24.9 Å². The highest BCUT2D eigenvalue weighted by molar-refractivity contribution is 7.26. The van der Waals surface area contributed by atoms with Gasteiger partial charge in [0.1, 0.15) is 6.33 Å². The molecule has 7 heteroatoms. The van der Waals surface area contributed by atoms with Crippen molar-refractivity contribution in [3.8, 4) is 33.8 Å². The van der Waals surface area contributed by atoms with Gasteiger partial charge in [-0.05, 0) is 82.9 Å². The number of anilines is 3. The first-order valence-electron chi connectivity index (χ1n) is 18.4. The summed E-state index contributed by atoms with van der Waals surface area (Å²) in [7, 11) is 0. The van der Waals surface area contributed by atoms with Gasteiger partial charge in [0, 0.05) is 67.0 Å². The molecule has 6 nitrogen and oxygen atoms in total. The molecule has 0 aliphatic carbocycles. The maximum Gasteiger partial charge on any atom is 0.116 e. The highest BCUT2D eigenvalue weighted by Crippen LogP contribution is 2.41. The predicted octanol–water partition coefficient (Wildman–Crippen LogP) is 13.0. The van der Waals surface area contributed by atoms with Crippen molar-refractivity contribution < 1.29 is 0 Å². The molecule has 0 amide bonds. The topological polar surface area (TPSA) is 67.7 Å². The Hall–Kier alpha value is -7.35. The quantitative estimate of drug-likeness (QED) is 0.169. The van der Waals surface area contributed by atoms with Crippen molar-refractivity contribution in [3.05, 3.63) is 183 Å². The molecule has 0 saturated carbocycles. The highest BCUT2D eigenvalue weighted by atomic mass is 32.1. The van der Waals surface area contributed by atoms with Crippen LogP contribution in [-0.2, 0) is 0 Å². The van der Waals surface area contributed by atoms with Crippen LogP contribution in [0.4, 0.5) is 17.1 Å². The number of nitrogens with zero attached hydrogens (tertiary/aromatic N) is 6. The second-order valence-electron chi connectivity index (χ2n) is 13.9. The zero-order valence-corrected chi connectivity index (χ0v) is 30.7. The molecule has 0 saturated heterocycles. The van der Waals surface area contributed by atoms with E-state index in [2.05, 4.69) is 160 Å². The molecule has 0 unspecified atom stereocenters. The molecule has 11 aromatic rings. The van der Waals surface area contributed by atoms with Gasteiger partial charge >= 0.3 is 0 Å². The molecular formula is C49H30N6S. The summed E-state index contributed by atoms with van der Waals surface area (Å²) in [6.45, 7) is 0. The first-order valence-corrected chi connectivity index (χ1v) is 19.3. The molecule has 0 N–H and O–H groups in total. The number of thiophene rings is 1. The summed E-state index contributed by atoms with van der Waals surface area (Å²) < 4.78 is 2.33. The Balaban J connectivity index is 0.987. The molecule has 262 valence electrons. The van der Waals surface area contributed by atoms with E-state index in [1.54, 1.807) is 23.9 Å². The van der Waals surface area contributed by atoms with Crippen molar-refractivity contribution in [1.29, 1.82) is 0 Å². The molecule has 0 fully saturated rings. The third kappa shape index (κ3) is 5.61. The van der Waals surface area contributed by atoms with E-state index in [-0.39, 0.29) is 0 Å². The Labute approximate surface area is 326 Å². The number of pyridine rings is 3. The predicted molar refractivity (Wildman–Crippen MR) is 232 cm³/mol. The average Bonchev–Trinajstić information content (AvgIpc) is 3.66.